The molecule has 4 rings (SSSR count). The van der Waals surface area contributed by atoms with Crippen molar-refractivity contribution in [3.05, 3.63) is 70.5 Å². The Morgan fingerprint density at radius 2 is 1.81 bits per heavy atom. The van der Waals surface area contributed by atoms with Crippen molar-refractivity contribution in [2.45, 2.75) is 47.0 Å². The van der Waals surface area contributed by atoms with Gasteiger partial charge in [0.15, 0.2) is 0 Å². The lowest BCUT2D eigenvalue weighted by Gasteiger charge is -2.31. The minimum atomic E-state index is 0.0839. The number of furan rings is 1. The lowest BCUT2D eigenvalue weighted by molar-refractivity contribution is -0.127. The Morgan fingerprint density at radius 3 is 2.47 bits per heavy atom. The third-order valence-corrected chi connectivity index (χ3v) is 6.91. The zero-order valence-corrected chi connectivity index (χ0v) is 19.8. The van der Waals surface area contributed by atoms with Gasteiger partial charge in [0.25, 0.3) is 0 Å². The van der Waals surface area contributed by atoms with Crippen LogP contribution in [0.3, 0.4) is 0 Å². The number of methoxy groups -OCH3 is 1. The number of hydrogen-bond donors (Lipinski definition) is 0. The zero-order chi connectivity index (χ0) is 22.8. The standard InChI is InChI=1S/C28H33NO3/c1-18(24-17-25-19(2)21(4)32-28(25)20(3)27(24)31-5)15-26(30)29-13-11-23(12-14-29)16-22-9-7-6-8-10-22/h6-10,15,17,23H,11-14,16H2,1-5H3/b18-15+. The summed E-state index contributed by atoms with van der Waals surface area (Å²) in [5, 5.41) is 1.08. The molecule has 0 atom stereocenters. The largest absolute Gasteiger partial charge is 0.496 e. The van der Waals surface area contributed by atoms with Gasteiger partial charge in [-0.05, 0) is 75.6 Å². The quantitative estimate of drug-likeness (QED) is 0.448. The minimum Gasteiger partial charge on any atom is -0.496 e. The molecule has 1 fully saturated rings. The van der Waals surface area contributed by atoms with E-state index in [0.29, 0.717) is 5.92 Å². The second-order valence-corrected chi connectivity index (χ2v) is 9.03. The molecule has 1 saturated heterocycles. The molecule has 32 heavy (non-hydrogen) atoms. The van der Waals surface area contributed by atoms with Crippen molar-refractivity contribution < 1.29 is 13.9 Å². The van der Waals surface area contributed by atoms with Crippen molar-refractivity contribution in [2.75, 3.05) is 20.2 Å². The van der Waals surface area contributed by atoms with Gasteiger partial charge in [0.1, 0.15) is 17.1 Å². The van der Waals surface area contributed by atoms with E-state index < -0.39 is 0 Å². The number of hydrogen-bond acceptors (Lipinski definition) is 3. The van der Waals surface area contributed by atoms with Gasteiger partial charge in [-0.2, -0.15) is 0 Å². The number of fused-ring (bicyclic) bond motifs is 1. The van der Waals surface area contributed by atoms with Crippen molar-refractivity contribution in [1.29, 1.82) is 0 Å². The molecule has 0 saturated carbocycles. The first-order chi connectivity index (χ1) is 15.4. The highest BCUT2D eigenvalue weighted by Crippen LogP contribution is 2.38. The predicted octanol–water partition coefficient (Wildman–Crippen LogP) is 6.25. The summed E-state index contributed by atoms with van der Waals surface area (Å²) in [5.74, 6) is 2.41. The number of likely N-dealkylation sites (tertiary alicyclic amines) is 1. The van der Waals surface area contributed by atoms with E-state index in [2.05, 4.69) is 43.3 Å². The van der Waals surface area contributed by atoms with Crippen LogP contribution in [-0.2, 0) is 11.2 Å². The lowest BCUT2D eigenvalue weighted by Crippen LogP contribution is -2.38. The van der Waals surface area contributed by atoms with E-state index >= 15 is 0 Å². The van der Waals surface area contributed by atoms with Crippen molar-refractivity contribution in [1.82, 2.24) is 4.90 Å². The Labute approximate surface area is 190 Å². The van der Waals surface area contributed by atoms with Gasteiger partial charge in [-0.1, -0.05) is 30.3 Å². The van der Waals surface area contributed by atoms with Crippen molar-refractivity contribution in [3.63, 3.8) is 0 Å². The fourth-order valence-electron chi connectivity index (χ4n) is 4.83. The summed E-state index contributed by atoms with van der Waals surface area (Å²) in [4.78, 5) is 15.0. The third-order valence-electron chi connectivity index (χ3n) is 6.91. The van der Waals surface area contributed by atoms with Gasteiger partial charge in [0.05, 0.1) is 7.11 Å². The third kappa shape index (κ3) is 4.32. The second kappa shape index (κ2) is 9.23. The van der Waals surface area contributed by atoms with Gasteiger partial charge in [-0.15, -0.1) is 0 Å². The van der Waals surface area contributed by atoms with Gasteiger partial charge >= 0.3 is 0 Å². The van der Waals surface area contributed by atoms with Crippen LogP contribution in [0.4, 0.5) is 0 Å². The summed E-state index contributed by atoms with van der Waals surface area (Å²) in [6.07, 6.45) is 4.96. The molecule has 2 aromatic carbocycles. The Hall–Kier alpha value is -3.01. The molecule has 3 aromatic rings. The van der Waals surface area contributed by atoms with Gasteiger partial charge in [-0.25, -0.2) is 0 Å². The van der Waals surface area contributed by atoms with Crippen molar-refractivity contribution in [2.24, 2.45) is 5.92 Å². The van der Waals surface area contributed by atoms with Crippen LogP contribution in [0.2, 0.25) is 0 Å². The summed E-state index contributed by atoms with van der Waals surface area (Å²) in [6, 6.07) is 12.7. The SMILES string of the molecule is COc1c(/C(C)=C/C(=O)N2CCC(Cc3ccccc3)CC2)cc2c(C)c(C)oc2c1C. The molecule has 0 bridgehead atoms. The number of carbonyl (C=O) groups is 1. The highest BCUT2D eigenvalue weighted by Gasteiger charge is 2.23. The fraction of sp³-hybridized carbons (Fsp3) is 0.393. The summed E-state index contributed by atoms with van der Waals surface area (Å²) < 4.78 is 11.7. The maximum atomic E-state index is 13.1. The number of piperidine rings is 1. The molecule has 1 amide bonds. The molecule has 0 radical (unpaired) electrons. The van der Waals surface area contributed by atoms with E-state index in [1.165, 1.54) is 5.56 Å². The predicted molar refractivity (Wildman–Crippen MR) is 130 cm³/mol. The first-order valence-electron chi connectivity index (χ1n) is 11.5. The normalized spacial score (nSPS) is 15.4. The minimum absolute atomic E-state index is 0.0839. The average Bonchev–Trinajstić information content (AvgIpc) is 3.09. The monoisotopic (exact) mass is 431 g/mol. The number of amides is 1. The molecule has 2 heterocycles. The average molecular weight is 432 g/mol. The number of allylic oxidation sites excluding steroid dienone is 1. The van der Waals surface area contributed by atoms with E-state index in [4.69, 9.17) is 9.15 Å². The first kappa shape index (κ1) is 22.2. The Kier molecular flexibility index (Phi) is 6.40. The van der Waals surface area contributed by atoms with Crippen LogP contribution in [0, 0.1) is 26.7 Å². The van der Waals surface area contributed by atoms with Crippen LogP contribution in [0.1, 0.15) is 47.8 Å². The highest BCUT2D eigenvalue weighted by atomic mass is 16.5. The second-order valence-electron chi connectivity index (χ2n) is 9.03. The van der Waals surface area contributed by atoms with E-state index in [9.17, 15) is 4.79 Å². The topological polar surface area (TPSA) is 42.7 Å². The molecule has 1 aliphatic rings. The molecule has 0 unspecified atom stereocenters. The molecule has 4 heteroatoms. The maximum Gasteiger partial charge on any atom is 0.246 e. The van der Waals surface area contributed by atoms with Crippen LogP contribution in [0.25, 0.3) is 16.5 Å². The number of carbonyl (C=O) groups excluding carboxylic acids is 1. The van der Waals surface area contributed by atoms with Gasteiger partial charge in [0.2, 0.25) is 5.91 Å². The molecule has 0 N–H and O–H groups in total. The number of aryl methyl sites for hydroxylation is 3. The van der Waals surface area contributed by atoms with Crippen LogP contribution >= 0.6 is 0 Å². The van der Waals surface area contributed by atoms with Crippen LogP contribution in [-0.4, -0.2) is 31.0 Å². The van der Waals surface area contributed by atoms with Crippen LogP contribution in [0.15, 0.2) is 46.9 Å². The molecule has 0 aliphatic carbocycles. The number of ether oxygens (including phenoxy) is 1. The Balaban J connectivity index is 1.50. The molecular formula is C28H33NO3. The fourth-order valence-corrected chi connectivity index (χ4v) is 4.83. The zero-order valence-electron chi connectivity index (χ0n) is 19.8. The van der Waals surface area contributed by atoms with Gasteiger partial charge in [-0.3, -0.25) is 4.79 Å². The van der Waals surface area contributed by atoms with E-state index in [0.717, 1.165) is 77.1 Å². The smallest absolute Gasteiger partial charge is 0.246 e. The Bertz CT molecular complexity index is 1150. The van der Waals surface area contributed by atoms with Crippen molar-refractivity contribution in [3.8, 4) is 5.75 Å². The first-order valence-corrected chi connectivity index (χ1v) is 11.5. The maximum absolute atomic E-state index is 13.1. The molecule has 1 aromatic heterocycles. The van der Waals surface area contributed by atoms with Gasteiger partial charge in [0, 0.05) is 35.7 Å². The molecule has 1 aliphatic heterocycles. The molecule has 4 nitrogen and oxygen atoms in total. The highest BCUT2D eigenvalue weighted by molar-refractivity contribution is 5.98. The lowest BCUT2D eigenvalue weighted by atomic mass is 9.90. The summed E-state index contributed by atoms with van der Waals surface area (Å²) in [6.45, 7) is 9.69. The van der Waals surface area contributed by atoms with Crippen molar-refractivity contribution >= 4 is 22.4 Å². The summed E-state index contributed by atoms with van der Waals surface area (Å²) in [5.41, 5.74) is 6.22. The Morgan fingerprint density at radius 1 is 1.12 bits per heavy atom. The van der Waals surface area contributed by atoms with E-state index in [-0.39, 0.29) is 5.91 Å². The molecule has 168 valence electrons. The van der Waals surface area contributed by atoms with Crippen LogP contribution in [0.5, 0.6) is 5.75 Å². The van der Waals surface area contributed by atoms with E-state index in [1.807, 2.05) is 25.7 Å². The van der Waals surface area contributed by atoms with Gasteiger partial charge < -0.3 is 14.1 Å². The number of rotatable bonds is 5. The van der Waals surface area contributed by atoms with E-state index in [1.54, 1.807) is 13.2 Å². The number of nitrogens with zero attached hydrogens (tertiary/aromatic N) is 1. The summed E-state index contributed by atoms with van der Waals surface area (Å²) >= 11 is 0. The number of benzene rings is 2. The summed E-state index contributed by atoms with van der Waals surface area (Å²) in [7, 11) is 1.67. The molecular weight excluding hydrogens is 398 g/mol. The van der Waals surface area contributed by atoms with Crippen LogP contribution < -0.4 is 4.74 Å². The molecule has 0 spiro atoms.